The molecule has 60 heavy (non-hydrogen) atoms. The Morgan fingerprint density at radius 3 is 2.42 bits per heavy atom. The number of carbonyl (C=O) groups excluding carboxylic acids is 4. The van der Waals surface area contributed by atoms with Gasteiger partial charge in [-0.25, -0.2) is 4.98 Å². The predicted molar refractivity (Wildman–Crippen MR) is 231 cm³/mol. The average molecular weight is 834 g/mol. The number of phenolic OH excluding ortho intramolecular Hbond substituents is 1. The molecule has 4 amide bonds. The first-order valence-electron chi connectivity index (χ1n) is 20.5. The Bertz CT molecular complexity index is 2310. The van der Waals surface area contributed by atoms with Gasteiger partial charge in [0, 0.05) is 55.5 Å². The van der Waals surface area contributed by atoms with Gasteiger partial charge in [0.1, 0.15) is 17.3 Å². The van der Waals surface area contributed by atoms with Crippen LogP contribution in [0.4, 0.5) is 0 Å². The minimum atomic E-state index is -0.955. The van der Waals surface area contributed by atoms with Crippen LogP contribution in [0.2, 0.25) is 0 Å². The van der Waals surface area contributed by atoms with Crippen molar-refractivity contribution in [3.63, 3.8) is 0 Å². The number of primary amides is 1. The second kappa shape index (κ2) is 19.1. The number of aliphatic hydroxyl groups is 1. The molecule has 0 saturated carbocycles. The van der Waals surface area contributed by atoms with E-state index in [1.54, 1.807) is 42.1 Å². The van der Waals surface area contributed by atoms with Crippen molar-refractivity contribution in [1.29, 1.82) is 0 Å². The molecule has 1 fully saturated rings. The number of aliphatic hydroxyl groups excluding tert-OH is 1. The van der Waals surface area contributed by atoms with Gasteiger partial charge in [-0.15, -0.1) is 11.3 Å². The molecule has 316 valence electrons. The molecular formula is C46H55N7O6S. The fourth-order valence-electron chi connectivity index (χ4n) is 8.36. The fourth-order valence-corrected chi connectivity index (χ4v) is 9.18. The Labute approximate surface area is 354 Å². The molecule has 13 nitrogen and oxygen atoms in total. The number of aromatic hydroxyl groups is 1. The first-order chi connectivity index (χ1) is 28.6. The maximum Gasteiger partial charge on any atom is 0.243 e. The number of rotatable bonds is 16. The summed E-state index contributed by atoms with van der Waals surface area (Å²) in [6.07, 6.45) is 6.09. The molecule has 4 heterocycles. The third-order valence-electron chi connectivity index (χ3n) is 11.4. The van der Waals surface area contributed by atoms with Gasteiger partial charge in [-0.2, -0.15) is 0 Å². The van der Waals surface area contributed by atoms with E-state index in [1.165, 1.54) is 4.90 Å². The van der Waals surface area contributed by atoms with Gasteiger partial charge in [0.25, 0.3) is 0 Å². The van der Waals surface area contributed by atoms with Gasteiger partial charge >= 0.3 is 0 Å². The zero-order valence-corrected chi connectivity index (χ0v) is 35.7. The van der Waals surface area contributed by atoms with Gasteiger partial charge in [0.05, 0.1) is 40.1 Å². The number of fused-ring (bicyclic) bond motifs is 1. The summed E-state index contributed by atoms with van der Waals surface area (Å²) in [5.41, 5.74) is 11.6. The molecule has 1 saturated heterocycles. The number of nitrogens with two attached hydrogens (primary N) is 1. The standard InChI is InChI=1S/C46H55N7O6S/c1-27-21-35(41(56)40-33(27)13-10-20-49-40)39(31-11-9-19-48-24-31)52-43(57)34(12-7-6-8-14-37(47)55)38(46(3,4)5)45(59)53-25-32(54)22-36(53)44(58)50-23-29-15-17-30(18-16-29)42-28(2)51-26-60-42/h9-11,13,15-21,24,26,32,34,36,38-39,54,56H,6-8,12,14,22-23,25H2,1-5H3,(H2,47,55)(H,50,58)(H,52,57)/t32-,34?,36+,38?,39?/m0/s1. The number of amides is 4. The van der Waals surface area contributed by atoms with Gasteiger partial charge < -0.3 is 31.5 Å². The molecule has 14 heteroatoms. The lowest BCUT2D eigenvalue weighted by molar-refractivity contribution is -0.150. The number of nitrogens with zero attached hydrogens (tertiary/aromatic N) is 4. The second-order valence-corrected chi connectivity index (χ2v) is 17.7. The summed E-state index contributed by atoms with van der Waals surface area (Å²) in [5.74, 6) is -3.56. The van der Waals surface area contributed by atoms with Crippen molar-refractivity contribution in [2.75, 3.05) is 6.54 Å². The molecule has 3 unspecified atom stereocenters. The number of aromatic nitrogens is 3. The Kier molecular flexibility index (Phi) is 14.0. The SMILES string of the molecule is Cc1ncsc1-c1ccc(CNC(=O)[C@H]2C[C@H](O)CN2C(=O)C(C(CCCCCC(N)=O)C(=O)NC(c2cccnc2)c2cc(C)c3cccnc3c2O)C(C)(C)C)cc1. The molecule has 6 N–H and O–H groups in total. The van der Waals surface area contributed by atoms with Crippen molar-refractivity contribution >= 4 is 45.9 Å². The predicted octanol–water partition coefficient (Wildman–Crippen LogP) is 6.27. The molecule has 2 aromatic carbocycles. The van der Waals surface area contributed by atoms with Gasteiger partial charge in [-0.05, 0) is 72.6 Å². The normalized spacial score (nSPS) is 16.9. The van der Waals surface area contributed by atoms with Crippen LogP contribution >= 0.6 is 11.3 Å². The number of phenols is 1. The Morgan fingerprint density at radius 1 is 1.00 bits per heavy atom. The van der Waals surface area contributed by atoms with Gasteiger partial charge in [0.15, 0.2) is 0 Å². The lowest BCUT2D eigenvalue weighted by Gasteiger charge is -2.39. The van der Waals surface area contributed by atoms with Gasteiger partial charge in [0.2, 0.25) is 23.6 Å². The van der Waals surface area contributed by atoms with Crippen molar-refractivity contribution in [3.05, 3.63) is 107 Å². The maximum absolute atomic E-state index is 15.0. The highest BCUT2D eigenvalue weighted by Gasteiger charge is 2.48. The molecule has 5 aromatic rings. The van der Waals surface area contributed by atoms with E-state index in [2.05, 4.69) is 25.6 Å². The molecule has 3 aromatic heterocycles. The molecular weight excluding hydrogens is 779 g/mol. The topological polar surface area (TPSA) is 201 Å². The lowest BCUT2D eigenvalue weighted by atomic mass is 9.70. The number of hydrogen-bond acceptors (Lipinski definition) is 10. The Hall–Kier alpha value is -5.73. The molecule has 0 bridgehead atoms. The van der Waals surface area contributed by atoms with Crippen LogP contribution in [0.5, 0.6) is 5.75 Å². The number of nitrogens with one attached hydrogen (secondary N) is 2. The average Bonchev–Trinajstić information content (AvgIpc) is 3.84. The Balaban J connectivity index is 1.29. The highest BCUT2D eigenvalue weighted by molar-refractivity contribution is 7.13. The van der Waals surface area contributed by atoms with Gasteiger partial charge in [-0.1, -0.05) is 70.0 Å². The number of hydrogen-bond donors (Lipinski definition) is 5. The first-order valence-corrected chi connectivity index (χ1v) is 21.3. The lowest BCUT2D eigenvalue weighted by Crippen LogP contribution is -2.53. The Morgan fingerprint density at radius 2 is 1.75 bits per heavy atom. The van der Waals surface area contributed by atoms with E-state index in [0.29, 0.717) is 35.9 Å². The van der Waals surface area contributed by atoms with Crippen molar-refractivity contribution in [1.82, 2.24) is 30.5 Å². The smallest absolute Gasteiger partial charge is 0.243 e. The molecule has 0 spiro atoms. The number of unbranched alkanes of at least 4 members (excludes halogenated alkanes) is 2. The zero-order chi connectivity index (χ0) is 43.1. The number of likely N-dealkylation sites (tertiary alicyclic amines) is 1. The van der Waals surface area contributed by atoms with Crippen LogP contribution in [0.15, 0.2) is 78.7 Å². The number of aryl methyl sites for hydroxylation is 2. The summed E-state index contributed by atoms with van der Waals surface area (Å²) in [4.78, 5) is 71.1. The minimum absolute atomic E-state index is 0.0553. The molecule has 5 atom stereocenters. The summed E-state index contributed by atoms with van der Waals surface area (Å²) >= 11 is 1.56. The monoisotopic (exact) mass is 833 g/mol. The largest absolute Gasteiger partial charge is 0.505 e. The second-order valence-electron chi connectivity index (χ2n) is 16.9. The van der Waals surface area contributed by atoms with Gasteiger partial charge in [-0.3, -0.25) is 29.1 Å². The minimum Gasteiger partial charge on any atom is -0.505 e. The van der Waals surface area contributed by atoms with Crippen LogP contribution in [0, 0.1) is 31.1 Å². The van der Waals surface area contributed by atoms with E-state index in [1.807, 2.05) is 82.6 Å². The molecule has 1 aliphatic rings. The molecule has 0 aliphatic carbocycles. The highest BCUT2D eigenvalue weighted by Crippen LogP contribution is 2.41. The van der Waals surface area contributed by atoms with E-state index < -0.39 is 59.1 Å². The summed E-state index contributed by atoms with van der Waals surface area (Å²) < 4.78 is 0. The van der Waals surface area contributed by atoms with Crippen molar-refractivity contribution in [2.45, 2.75) is 97.9 Å². The number of β-amino-alcohol motifs (C(OH)–C–C–N with tert-alkyl or cyclic N) is 1. The zero-order valence-electron chi connectivity index (χ0n) is 34.9. The van der Waals surface area contributed by atoms with E-state index >= 15 is 4.79 Å². The third kappa shape index (κ3) is 10.2. The summed E-state index contributed by atoms with van der Waals surface area (Å²) in [7, 11) is 0. The van der Waals surface area contributed by atoms with E-state index in [-0.39, 0.29) is 38.1 Å². The highest BCUT2D eigenvalue weighted by atomic mass is 32.1. The quantitative estimate of drug-likeness (QED) is 0.0711. The summed E-state index contributed by atoms with van der Waals surface area (Å²) in [6, 6.07) is 15.1. The molecule has 1 aliphatic heterocycles. The van der Waals surface area contributed by atoms with E-state index in [9.17, 15) is 24.6 Å². The third-order valence-corrected chi connectivity index (χ3v) is 12.4. The van der Waals surface area contributed by atoms with Crippen LogP contribution in [0.3, 0.4) is 0 Å². The van der Waals surface area contributed by atoms with Crippen LogP contribution < -0.4 is 16.4 Å². The van der Waals surface area contributed by atoms with Crippen LogP contribution in [-0.4, -0.2) is 72.4 Å². The fraction of sp³-hybridized carbons (Fsp3) is 0.413. The molecule has 6 rings (SSSR count). The number of carbonyl (C=O) groups is 4. The van der Waals surface area contributed by atoms with Crippen LogP contribution in [0.1, 0.15) is 93.3 Å². The van der Waals surface area contributed by atoms with Crippen LogP contribution in [-0.2, 0) is 25.7 Å². The number of pyridine rings is 2. The van der Waals surface area contributed by atoms with Crippen LogP contribution in [0.25, 0.3) is 21.3 Å². The maximum atomic E-state index is 15.0. The number of benzene rings is 2. The van der Waals surface area contributed by atoms with E-state index in [4.69, 9.17) is 5.73 Å². The van der Waals surface area contributed by atoms with Crippen molar-refractivity contribution in [3.8, 4) is 16.2 Å². The number of thiazole rings is 1. The van der Waals surface area contributed by atoms with E-state index in [0.717, 1.165) is 32.6 Å². The summed E-state index contributed by atoms with van der Waals surface area (Å²) in [5, 5.41) is 29.5. The summed E-state index contributed by atoms with van der Waals surface area (Å²) in [6.45, 7) is 9.72. The van der Waals surface area contributed by atoms with Crippen molar-refractivity contribution < 1.29 is 29.4 Å². The van der Waals surface area contributed by atoms with Crippen molar-refractivity contribution in [2.24, 2.45) is 23.0 Å². The molecule has 0 radical (unpaired) electrons. The first kappa shape index (κ1) is 43.8.